The van der Waals surface area contributed by atoms with Crippen LogP contribution in [-0.4, -0.2) is 21.8 Å². The van der Waals surface area contributed by atoms with Gasteiger partial charge >= 0.3 is 0 Å². The monoisotopic (exact) mass is 500 g/mol. The third-order valence-corrected chi connectivity index (χ3v) is 7.05. The second-order valence-corrected chi connectivity index (χ2v) is 9.69. The number of guanidine groups is 1. The fourth-order valence-corrected chi connectivity index (χ4v) is 5.15. The molecule has 1 aliphatic rings. The van der Waals surface area contributed by atoms with E-state index in [0.29, 0.717) is 24.7 Å². The van der Waals surface area contributed by atoms with Gasteiger partial charge in [0.1, 0.15) is 5.70 Å². The summed E-state index contributed by atoms with van der Waals surface area (Å²) < 4.78 is 1.08. The molecule has 0 saturated heterocycles. The zero-order chi connectivity index (χ0) is 25.0. The summed E-state index contributed by atoms with van der Waals surface area (Å²) >= 11 is 1.59. The minimum Gasteiger partial charge on any atom is -0.307 e. The van der Waals surface area contributed by atoms with Gasteiger partial charge in [0.2, 0.25) is 5.96 Å². The molecular weight excluding hydrogens is 476 g/mol. The number of hydrogen-bond acceptors (Lipinski definition) is 5. The normalized spacial score (nSPS) is 14.4. The second-order valence-electron chi connectivity index (χ2n) is 8.81. The van der Waals surface area contributed by atoms with Crippen molar-refractivity contribution < 1.29 is 4.79 Å². The predicted octanol–water partition coefficient (Wildman–Crippen LogP) is 6.74. The van der Waals surface area contributed by atoms with E-state index in [1.165, 1.54) is 0 Å². The maximum atomic E-state index is 13.8. The summed E-state index contributed by atoms with van der Waals surface area (Å²) in [5, 5.41) is 0. The molecule has 0 unspecified atom stereocenters. The lowest BCUT2D eigenvalue weighted by atomic mass is 10.1. The Morgan fingerprint density at radius 1 is 0.811 bits per heavy atom. The summed E-state index contributed by atoms with van der Waals surface area (Å²) in [5.41, 5.74) is 7.29. The Kier molecular flexibility index (Phi) is 6.31. The molecule has 0 bridgehead atoms. The number of carbonyl (C=O) groups excluding carboxylic acids is 1. The smallest absolute Gasteiger partial charge is 0.279 e. The first-order valence-electron chi connectivity index (χ1n) is 12.1. The first-order valence-corrected chi connectivity index (χ1v) is 13.0. The average Bonchev–Trinajstić information content (AvgIpc) is 3.53. The van der Waals surface area contributed by atoms with Crippen LogP contribution in [0.1, 0.15) is 16.7 Å². The van der Waals surface area contributed by atoms with Crippen molar-refractivity contribution >= 4 is 45.2 Å². The van der Waals surface area contributed by atoms with E-state index in [0.717, 1.165) is 32.6 Å². The summed E-state index contributed by atoms with van der Waals surface area (Å²) in [6, 6.07) is 36.4. The highest BCUT2D eigenvalue weighted by atomic mass is 32.1. The zero-order valence-corrected chi connectivity index (χ0v) is 20.9. The molecule has 5 aromatic rings. The topological polar surface area (TPSA) is 48.8 Å². The number of thiazole rings is 1. The van der Waals surface area contributed by atoms with Crippen molar-refractivity contribution in [3.8, 4) is 0 Å². The molecule has 0 saturated carbocycles. The van der Waals surface area contributed by atoms with Crippen LogP contribution in [0.3, 0.4) is 0 Å². The average molecular weight is 501 g/mol. The second kappa shape index (κ2) is 10.2. The van der Waals surface area contributed by atoms with Gasteiger partial charge in [-0.2, -0.15) is 0 Å². The highest BCUT2D eigenvalue weighted by molar-refractivity contribution is 7.16. The molecule has 0 spiro atoms. The van der Waals surface area contributed by atoms with Gasteiger partial charge in [-0.15, -0.1) is 11.3 Å². The molecule has 0 N–H and O–H groups in total. The van der Waals surface area contributed by atoms with Crippen LogP contribution in [0.4, 0.5) is 5.69 Å². The van der Waals surface area contributed by atoms with Crippen LogP contribution >= 0.6 is 11.3 Å². The molecule has 4 aromatic carbocycles. The van der Waals surface area contributed by atoms with E-state index >= 15 is 0 Å². The van der Waals surface area contributed by atoms with E-state index in [-0.39, 0.29) is 5.91 Å². The Morgan fingerprint density at radius 2 is 1.49 bits per heavy atom. The van der Waals surface area contributed by atoms with Crippen LogP contribution in [0.5, 0.6) is 0 Å². The molecule has 0 aliphatic carbocycles. The Morgan fingerprint density at radius 3 is 2.22 bits per heavy atom. The van der Waals surface area contributed by atoms with Crippen LogP contribution in [0, 0.1) is 0 Å². The van der Waals surface area contributed by atoms with E-state index in [4.69, 9.17) is 4.99 Å². The lowest BCUT2D eigenvalue weighted by Crippen LogP contribution is -2.43. The summed E-state index contributed by atoms with van der Waals surface area (Å²) in [5.74, 6) is 0.506. The van der Waals surface area contributed by atoms with E-state index in [9.17, 15) is 4.79 Å². The Balaban J connectivity index is 1.44. The van der Waals surface area contributed by atoms with Gasteiger partial charge in [-0.3, -0.25) is 9.69 Å². The third-order valence-electron chi connectivity index (χ3n) is 6.26. The number of nitrogens with zero attached hydrogens (tertiary/aromatic N) is 4. The molecule has 37 heavy (non-hydrogen) atoms. The van der Waals surface area contributed by atoms with Gasteiger partial charge in [0.15, 0.2) is 0 Å². The van der Waals surface area contributed by atoms with Crippen LogP contribution < -0.4 is 4.90 Å². The summed E-state index contributed by atoms with van der Waals surface area (Å²) in [4.78, 5) is 27.0. The summed E-state index contributed by atoms with van der Waals surface area (Å²) in [6.07, 6.45) is 1.87. The number of para-hydroxylation sites is 1. The highest BCUT2D eigenvalue weighted by Crippen LogP contribution is 2.28. The molecule has 0 atom stereocenters. The lowest BCUT2D eigenvalue weighted by molar-refractivity contribution is -0.123. The predicted molar refractivity (Wildman–Crippen MR) is 151 cm³/mol. The zero-order valence-electron chi connectivity index (χ0n) is 20.1. The molecule has 6 rings (SSSR count). The minimum absolute atomic E-state index is 0.114. The number of carbonyl (C=O) groups is 1. The van der Waals surface area contributed by atoms with Crippen molar-refractivity contribution in [1.29, 1.82) is 0 Å². The quantitative estimate of drug-likeness (QED) is 0.243. The molecule has 5 nitrogen and oxygen atoms in total. The van der Waals surface area contributed by atoms with E-state index in [1.54, 1.807) is 16.2 Å². The number of anilines is 1. The fraction of sp³-hybridized carbons (Fsp3) is 0.0645. The van der Waals surface area contributed by atoms with Gasteiger partial charge < -0.3 is 4.90 Å². The number of aromatic nitrogens is 1. The van der Waals surface area contributed by atoms with Crippen LogP contribution in [0.15, 0.2) is 125 Å². The Bertz CT molecular complexity index is 1590. The molecule has 1 amide bonds. The summed E-state index contributed by atoms with van der Waals surface area (Å²) in [6.45, 7) is 1.02. The molecule has 0 radical (unpaired) electrons. The van der Waals surface area contributed by atoms with E-state index < -0.39 is 0 Å². The largest absolute Gasteiger partial charge is 0.307 e. The van der Waals surface area contributed by atoms with Crippen molar-refractivity contribution in [2.24, 2.45) is 4.99 Å². The molecule has 1 aliphatic heterocycles. The third kappa shape index (κ3) is 4.92. The first kappa shape index (κ1) is 22.9. The fourth-order valence-electron chi connectivity index (χ4n) is 4.42. The van der Waals surface area contributed by atoms with Crippen molar-refractivity contribution in [2.45, 2.75) is 13.1 Å². The Hall–Kier alpha value is -4.55. The number of fused-ring (bicyclic) bond motifs is 1. The standard InChI is InChI=1S/C31H24N4OS/c36-30-28(18-25-16-17-27-29(19-25)37-22-32-27)33-31(35(30)21-24-12-6-2-7-13-24)34(26-14-8-3-9-15-26)20-23-10-4-1-5-11-23/h1-19,22H,20-21H2. The molecular formula is C31H24N4OS. The van der Waals surface area contributed by atoms with Gasteiger partial charge in [0, 0.05) is 5.69 Å². The molecule has 6 heteroatoms. The van der Waals surface area contributed by atoms with Crippen molar-refractivity contribution in [3.05, 3.63) is 137 Å². The van der Waals surface area contributed by atoms with Gasteiger partial charge in [-0.05, 0) is 47.0 Å². The van der Waals surface area contributed by atoms with E-state index in [1.807, 2.05) is 90.4 Å². The van der Waals surface area contributed by atoms with Gasteiger partial charge in [0.25, 0.3) is 5.91 Å². The molecule has 0 fully saturated rings. The van der Waals surface area contributed by atoms with Gasteiger partial charge in [-0.25, -0.2) is 9.98 Å². The molecule has 2 heterocycles. The minimum atomic E-state index is -0.114. The molecule has 1 aromatic heterocycles. The van der Waals surface area contributed by atoms with Gasteiger partial charge in [-0.1, -0.05) is 84.9 Å². The Labute approximate surface area is 219 Å². The maximum Gasteiger partial charge on any atom is 0.279 e. The van der Waals surface area contributed by atoms with Crippen LogP contribution in [-0.2, 0) is 17.9 Å². The number of aliphatic imine (C=N–C) groups is 1. The maximum absolute atomic E-state index is 13.8. The van der Waals surface area contributed by atoms with Gasteiger partial charge in [0.05, 0.1) is 28.8 Å². The van der Waals surface area contributed by atoms with Crippen molar-refractivity contribution in [1.82, 2.24) is 9.88 Å². The molecule has 180 valence electrons. The summed E-state index contributed by atoms with van der Waals surface area (Å²) in [7, 11) is 0. The number of hydrogen-bond donors (Lipinski definition) is 0. The van der Waals surface area contributed by atoms with E-state index in [2.05, 4.69) is 40.2 Å². The van der Waals surface area contributed by atoms with Crippen LogP contribution in [0.2, 0.25) is 0 Å². The first-order chi connectivity index (χ1) is 18.2. The number of amides is 1. The SMILES string of the molecule is O=C1C(=Cc2ccc3ncsc3c2)N=C(N(Cc2ccccc2)c2ccccc2)N1Cc1ccccc1. The number of benzene rings is 4. The van der Waals surface area contributed by atoms with Crippen LogP contribution in [0.25, 0.3) is 16.3 Å². The lowest BCUT2D eigenvalue weighted by Gasteiger charge is -2.30. The van der Waals surface area contributed by atoms with Crippen molar-refractivity contribution in [2.75, 3.05) is 4.90 Å². The highest BCUT2D eigenvalue weighted by Gasteiger charge is 2.34. The van der Waals surface area contributed by atoms with Crippen molar-refractivity contribution in [3.63, 3.8) is 0 Å². The number of rotatable bonds is 6.